The molecule has 1 aliphatic carbocycles. The number of hydrogen-bond donors (Lipinski definition) is 2. The molecule has 0 spiro atoms. The molecule has 1 aliphatic heterocycles. The van der Waals surface area contributed by atoms with Crippen LogP contribution in [-0.4, -0.2) is 23.5 Å². The van der Waals surface area contributed by atoms with E-state index in [1.54, 1.807) is 18.0 Å². The Hall–Kier alpha value is -0.970. The van der Waals surface area contributed by atoms with Crippen LogP contribution in [0.25, 0.3) is 0 Å². The number of nitrogens with zero attached hydrogens (tertiary/aromatic N) is 1. The van der Waals surface area contributed by atoms with Gasteiger partial charge in [0.15, 0.2) is 5.17 Å². The number of carbonyl (C=O) groups excluding carboxylic acids is 1. The number of rotatable bonds is 2. The summed E-state index contributed by atoms with van der Waals surface area (Å²) in [6, 6.07) is -0.192. The van der Waals surface area contributed by atoms with Crippen molar-refractivity contribution in [2.45, 2.75) is 19.8 Å². The number of urea groups is 1. The lowest BCUT2D eigenvalue weighted by Crippen LogP contribution is -2.35. The van der Waals surface area contributed by atoms with Gasteiger partial charge in [0, 0.05) is 12.0 Å². The molecule has 0 saturated heterocycles. The molecule has 5 heteroatoms. The molecule has 0 unspecified atom stereocenters. The van der Waals surface area contributed by atoms with E-state index in [1.165, 1.54) is 18.4 Å². The van der Waals surface area contributed by atoms with Gasteiger partial charge in [-0.05, 0) is 25.7 Å². The minimum Gasteiger partial charge on any atom is -0.314 e. The quantitative estimate of drug-likeness (QED) is 0.751. The standard InChI is InChI=1S/C10H15N3OS/c1-7(8-2-3-8)6-12-9(14)13-10-11-4-5-15-10/h6,8H,2-5H2,1H3,(H2,11,12,13,14)/b7-6+. The molecule has 0 aromatic rings. The predicted molar refractivity (Wildman–Crippen MR) is 62.9 cm³/mol. The number of nitrogens with one attached hydrogen (secondary N) is 2. The monoisotopic (exact) mass is 225 g/mol. The maximum absolute atomic E-state index is 11.4. The van der Waals surface area contributed by atoms with Crippen molar-refractivity contribution >= 4 is 23.0 Å². The van der Waals surface area contributed by atoms with Gasteiger partial charge in [0.2, 0.25) is 0 Å². The molecule has 1 heterocycles. The maximum Gasteiger partial charge on any atom is 0.324 e. The number of hydrogen-bond acceptors (Lipinski definition) is 3. The Bertz CT molecular complexity index is 321. The number of allylic oxidation sites excluding steroid dienone is 1. The van der Waals surface area contributed by atoms with Crippen LogP contribution in [0.4, 0.5) is 4.79 Å². The number of aliphatic imine (C=N–C) groups is 1. The number of thioether (sulfide) groups is 1. The summed E-state index contributed by atoms with van der Waals surface area (Å²) in [5, 5.41) is 6.16. The molecule has 15 heavy (non-hydrogen) atoms. The maximum atomic E-state index is 11.4. The number of carbonyl (C=O) groups is 1. The van der Waals surface area contributed by atoms with Gasteiger partial charge in [0.05, 0.1) is 6.54 Å². The fraction of sp³-hybridized carbons (Fsp3) is 0.600. The molecule has 4 nitrogen and oxygen atoms in total. The fourth-order valence-corrected chi connectivity index (χ4v) is 2.10. The predicted octanol–water partition coefficient (Wildman–Crippen LogP) is 1.70. The van der Waals surface area contributed by atoms with Crippen LogP contribution in [0.5, 0.6) is 0 Å². The Morgan fingerprint density at radius 1 is 1.60 bits per heavy atom. The van der Waals surface area contributed by atoms with Crippen molar-refractivity contribution in [2.75, 3.05) is 12.3 Å². The zero-order valence-corrected chi connectivity index (χ0v) is 9.56. The zero-order valence-electron chi connectivity index (χ0n) is 8.75. The van der Waals surface area contributed by atoms with Crippen LogP contribution in [0.1, 0.15) is 19.8 Å². The second-order valence-electron chi connectivity index (χ2n) is 3.80. The molecule has 0 aromatic heterocycles. The lowest BCUT2D eigenvalue weighted by Gasteiger charge is -2.03. The zero-order chi connectivity index (χ0) is 10.7. The third-order valence-corrected chi connectivity index (χ3v) is 3.35. The summed E-state index contributed by atoms with van der Waals surface area (Å²) in [5.74, 6) is 1.66. The van der Waals surface area contributed by atoms with Gasteiger partial charge in [-0.15, -0.1) is 0 Å². The van der Waals surface area contributed by atoms with Crippen molar-refractivity contribution in [3.63, 3.8) is 0 Å². The first-order valence-corrected chi connectivity index (χ1v) is 6.15. The summed E-state index contributed by atoms with van der Waals surface area (Å²) in [7, 11) is 0. The largest absolute Gasteiger partial charge is 0.324 e. The van der Waals surface area contributed by atoms with Gasteiger partial charge in [-0.3, -0.25) is 10.3 Å². The Labute approximate surface area is 93.6 Å². The molecular weight excluding hydrogens is 210 g/mol. The third-order valence-electron chi connectivity index (χ3n) is 2.46. The van der Waals surface area contributed by atoms with E-state index in [0.29, 0.717) is 5.92 Å². The van der Waals surface area contributed by atoms with E-state index in [2.05, 4.69) is 22.5 Å². The van der Waals surface area contributed by atoms with Crippen LogP contribution in [-0.2, 0) is 0 Å². The van der Waals surface area contributed by atoms with Gasteiger partial charge in [-0.2, -0.15) is 0 Å². The molecule has 2 amide bonds. The van der Waals surface area contributed by atoms with E-state index in [1.807, 2.05) is 0 Å². The van der Waals surface area contributed by atoms with Crippen molar-refractivity contribution in [2.24, 2.45) is 10.9 Å². The third kappa shape index (κ3) is 3.27. The SMILES string of the molecule is C/C(=C\NC(=O)NC1=NCCS1)C1CC1. The molecular formula is C10H15N3OS. The van der Waals surface area contributed by atoms with E-state index in [0.717, 1.165) is 17.5 Å². The molecule has 2 rings (SSSR count). The minimum absolute atomic E-state index is 0.192. The van der Waals surface area contributed by atoms with Crippen LogP contribution >= 0.6 is 11.8 Å². The molecule has 0 aromatic carbocycles. The molecule has 2 aliphatic rings. The summed E-state index contributed by atoms with van der Waals surface area (Å²) in [4.78, 5) is 15.5. The minimum atomic E-state index is -0.192. The summed E-state index contributed by atoms with van der Waals surface area (Å²) >= 11 is 1.58. The fourth-order valence-electron chi connectivity index (χ4n) is 1.38. The second-order valence-corrected chi connectivity index (χ2v) is 4.88. The highest BCUT2D eigenvalue weighted by molar-refractivity contribution is 8.14. The first-order chi connectivity index (χ1) is 7.25. The lowest BCUT2D eigenvalue weighted by atomic mass is 10.2. The normalized spacial score (nSPS) is 21.1. The molecule has 0 radical (unpaired) electrons. The van der Waals surface area contributed by atoms with E-state index in [9.17, 15) is 4.79 Å². The number of amidine groups is 1. The molecule has 82 valence electrons. The van der Waals surface area contributed by atoms with Gasteiger partial charge in [-0.25, -0.2) is 4.79 Å². The summed E-state index contributed by atoms with van der Waals surface area (Å²) in [5.41, 5.74) is 1.26. The number of amides is 2. The van der Waals surface area contributed by atoms with E-state index in [4.69, 9.17) is 0 Å². The lowest BCUT2D eigenvalue weighted by molar-refractivity contribution is 0.248. The molecule has 1 saturated carbocycles. The topological polar surface area (TPSA) is 53.5 Å². The summed E-state index contributed by atoms with van der Waals surface area (Å²) in [6.07, 6.45) is 4.32. The van der Waals surface area contributed by atoms with Crippen molar-refractivity contribution in [1.29, 1.82) is 0 Å². The Balaban J connectivity index is 1.74. The van der Waals surface area contributed by atoms with Crippen LogP contribution in [0.15, 0.2) is 16.8 Å². The van der Waals surface area contributed by atoms with Crippen LogP contribution in [0.2, 0.25) is 0 Å². The highest BCUT2D eigenvalue weighted by Crippen LogP contribution is 2.35. The van der Waals surface area contributed by atoms with E-state index >= 15 is 0 Å². The highest BCUT2D eigenvalue weighted by Gasteiger charge is 2.22. The Kier molecular flexibility index (Phi) is 3.30. The van der Waals surface area contributed by atoms with Gasteiger partial charge in [-0.1, -0.05) is 17.3 Å². The van der Waals surface area contributed by atoms with E-state index < -0.39 is 0 Å². The van der Waals surface area contributed by atoms with Crippen LogP contribution in [0.3, 0.4) is 0 Å². The van der Waals surface area contributed by atoms with E-state index in [-0.39, 0.29) is 6.03 Å². The first kappa shape index (κ1) is 10.5. The second kappa shape index (κ2) is 4.70. The molecule has 0 bridgehead atoms. The van der Waals surface area contributed by atoms with Crippen molar-refractivity contribution in [3.05, 3.63) is 11.8 Å². The van der Waals surface area contributed by atoms with Crippen LogP contribution in [0, 0.1) is 5.92 Å². The average Bonchev–Trinajstić information content (AvgIpc) is 2.95. The average molecular weight is 225 g/mol. The molecule has 1 fully saturated rings. The molecule has 2 N–H and O–H groups in total. The molecule has 0 atom stereocenters. The van der Waals surface area contributed by atoms with Gasteiger partial charge in [0.1, 0.15) is 0 Å². The van der Waals surface area contributed by atoms with Crippen molar-refractivity contribution in [1.82, 2.24) is 10.6 Å². The smallest absolute Gasteiger partial charge is 0.314 e. The summed E-state index contributed by atoms with van der Waals surface area (Å²) < 4.78 is 0. The summed E-state index contributed by atoms with van der Waals surface area (Å²) in [6.45, 7) is 2.86. The Morgan fingerprint density at radius 2 is 2.40 bits per heavy atom. The van der Waals surface area contributed by atoms with Crippen LogP contribution < -0.4 is 10.6 Å². The van der Waals surface area contributed by atoms with Crippen molar-refractivity contribution < 1.29 is 4.79 Å². The Morgan fingerprint density at radius 3 is 3.00 bits per heavy atom. The highest BCUT2D eigenvalue weighted by atomic mass is 32.2. The van der Waals surface area contributed by atoms with Gasteiger partial charge >= 0.3 is 6.03 Å². The van der Waals surface area contributed by atoms with Crippen molar-refractivity contribution in [3.8, 4) is 0 Å². The first-order valence-electron chi connectivity index (χ1n) is 5.17. The van der Waals surface area contributed by atoms with Gasteiger partial charge < -0.3 is 5.32 Å². The van der Waals surface area contributed by atoms with Gasteiger partial charge in [0.25, 0.3) is 0 Å².